The fraction of sp³-hybridized carbons (Fsp3) is 0.500. The average molecular weight is 426 g/mol. The van der Waals surface area contributed by atoms with Gasteiger partial charge in [0.05, 0.1) is 28.9 Å². The number of rotatable bonds is 8. The summed E-state index contributed by atoms with van der Waals surface area (Å²) < 4.78 is 90.6. The third-order valence-electron chi connectivity index (χ3n) is 2.94. The van der Waals surface area contributed by atoms with E-state index >= 15 is 0 Å². The van der Waals surface area contributed by atoms with Crippen molar-refractivity contribution in [1.29, 1.82) is 0 Å². The number of nitrogens with two attached hydrogens (primary N) is 1. The number of nitrogens with one attached hydrogen (secondary N) is 2. The molecule has 0 amide bonds. The van der Waals surface area contributed by atoms with E-state index in [0.717, 1.165) is 12.1 Å². The summed E-state index contributed by atoms with van der Waals surface area (Å²) in [6, 6.07) is 2.32. The second-order valence-electron chi connectivity index (χ2n) is 5.22. The van der Waals surface area contributed by atoms with Crippen LogP contribution in [0.3, 0.4) is 0 Å². The van der Waals surface area contributed by atoms with E-state index in [1.165, 1.54) is 13.8 Å². The maximum atomic E-state index is 13.9. The van der Waals surface area contributed by atoms with E-state index in [4.69, 9.17) is 5.73 Å². The molecule has 0 unspecified atom stereocenters. The van der Waals surface area contributed by atoms with Crippen LogP contribution in [-0.2, 0) is 20.0 Å². The lowest BCUT2D eigenvalue weighted by atomic mass is 10.3. The fourth-order valence-corrected chi connectivity index (χ4v) is 3.15. The van der Waals surface area contributed by atoms with Crippen LogP contribution in [0.15, 0.2) is 23.1 Å². The van der Waals surface area contributed by atoms with Crippen LogP contribution in [0, 0.1) is 5.82 Å². The third kappa shape index (κ3) is 6.62. The number of hydrogen-bond donors (Lipinski definition) is 3. The highest BCUT2D eigenvalue weighted by molar-refractivity contribution is 7.93. The molecule has 0 saturated heterocycles. The molecule has 0 aliphatic heterocycles. The van der Waals surface area contributed by atoms with Gasteiger partial charge in [0.1, 0.15) is 5.82 Å². The molecule has 0 heterocycles. The molecule has 0 bridgehead atoms. The summed E-state index contributed by atoms with van der Waals surface area (Å²) in [4.78, 5) is -0.625. The summed E-state index contributed by atoms with van der Waals surface area (Å²) in [6.07, 6.45) is 0. The van der Waals surface area contributed by atoms with Crippen LogP contribution in [0.2, 0.25) is 0 Å². The van der Waals surface area contributed by atoms with Crippen LogP contribution in [0.5, 0.6) is 0 Å². The molecule has 0 radical (unpaired) electrons. The molecule has 0 aliphatic rings. The quantitative estimate of drug-likeness (QED) is 0.579. The number of sulfonamides is 2. The first-order chi connectivity index (χ1) is 10.8. The van der Waals surface area contributed by atoms with Crippen LogP contribution in [0.25, 0.3) is 0 Å². The lowest BCUT2D eigenvalue weighted by Gasteiger charge is -2.15. The molecule has 1 aromatic rings. The van der Waals surface area contributed by atoms with Gasteiger partial charge >= 0.3 is 0 Å². The van der Waals surface area contributed by atoms with Gasteiger partial charge in [0.15, 0.2) is 0 Å². The van der Waals surface area contributed by atoms with Crippen molar-refractivity contribution in [3.05, 3.63) is 24.0 Å². The molecule has 13 heteroatoms. The molecule has 7 nitrogen and oxygen atoms in total. The zero-order chi connectivity index (χ0) is 18.8. The molecular weight excluding hydrogens is 407 g/mol. The lowest BCUT2D eigenvalue weighted by Crippen LogP contribution is -2.41. The molecule has 1 aromatic carbocycles. The monoisotopic (exact) mass is 425 g/mol. The van der Waals surface area contributed by atoms with Crippen molar-refractivity contribution < 1.29 is 30.0 Å². The largest absolute Gasteiger partial charge is 0.325 e. The minimum atomic E-state index is -4.41. The topological polar surface area (TPSA) is 118 Å². The third-order valence-corrected chi connectivity index (χ3v) is 6.09. The average Bonchev–Trinajstić information content (AvgIpc) is 2.47. The van der Waals surface area contributed by atoms with Gasteiger partial charge in [-0.15, -0.1) is 12.4 Å². The summed E-state index contributed by atoms with van der Waals surface area (Å²) >= 11 is 0. The molecule has 0 atom stereocenters. The summed E-state index contributed by atoms with van der Waals surface area (Å²) in [5.74, 6) is -4.61. The Hall–Kier alpha value is -1.08. The molecule has 4 N–H and O–H groups in total. The van der Waals surface area contributed by atoms with Crippen molar-refractivity contribution in [2.45, 2.75) is 29.9 Å². The van der Waals surface area contributed by atoms with Crippen molar-refractivity contribution in [2.24, 2.45) is 5.73 Å². The Morgan fingerprint density at radius 2 is 1.76 bits per heavy atom. The van der Waals surface area contributed by atoms with Gasteiger partial charge in [0, 0.05) is 0 Å². The number of alkyl halides is 2. The molecule has 0 aromatic heterocycles. The van der Waals surface area contributed by atoms with E-state index in [1.807, 2.05) is 4.72 Å². The normalized spacial score (nSPS) is 12.8. The zero-order valence-corrected chi connectivity index (χ0v) is 15.7. The fourth-order valence-electron chi connectivity index (χ4n) is 1.37. The molecule has 0 fully saturated rings. The second kappa shape index (κ2) is 8.54. The lowest BCUT2D eigenvalue weighted by molar-refractivity contribution is 0.0170. The van der Waals surface area contributed by atoms with E-state index in [2.05, 4.69) is 0 Å². The maximum absolute atomic E-state index is 13.9. The van der Waals surface area contributed by atoms with Gasteiger partial charge in [-0.3, -0.25) is 4.72 Å². The van der Waals surface area contributed by atoms with Crippen molar-refractivity contribution >= 4 is 38.1 Å². The van der Waals surface area contributed by atoms with Crippen LogP contribution >= 0.6 is 12.4 Å². The Balaban J connectivity index is 0.00000576. The molecule has 25 heavy (non-hydrogen) atoms. The van der Waals surface area contributed by atoms with Gasteiger partial charge in [-0.05, 0) is 32.0 Å². The zero-order valence-electron chi connectivity index (χ0n) is 13.3. The highest BCUT2D eigenvalue weighted by Gasteiger charge is 2.29. The Bertz CT molecular complexity index is 802. The predicted molar refractivity (Wildman–Crippen MR) is 90.5 cm³/mol. The van der Waals surface area contributed by atoms with E-state index in [1.54, 1.807) is 4.72 Å². The first-order valence-electron chi connectivity index (χ1n) is 6.69. The van der Waals surface area contributed by atoms with E-state index in [-0.39, 0.29) is 12.4 Å². The number of halogens is 4. The minimum absolute atomic E-state index is 0. The first kappa shape index (κ1) is 23.9. The molecule has 1 rings (SSSR count). The summed E-state index contributed by atoms with van der Waals surface area (Å²) in [7, 11) is -8.23. The number of hydrogen-bond acceptors (Lipinski definition) is 5. The van der Waals surface area contributed by atoms with Crippen molar-refractivity contribution in [1.82, 2.24) is 4.72 Å². The van der Waals surface area contributed by atoms with E-state index in [9.17, 15) is 30.0 Å². The van der Waals surface area contributed by atoms with E-state index < -0.39 is 60.7 Å². The van der Waals surface area contributed by atoms with Gasteiger partial charge in [0.25, 0.3) is 5.92 Å². The highest BCUT2D eigenvalue weighted by atomic mass is 35.5. The van der Waals surface area contributed by atoms with Crippen molar-refractivity contribution in [2.75, 3.05) is 17.8 Å². The van der Waals surface area contributed by atoms with Crippen molar-refractivity contribution in [3.8, 4) is 0 Å². The van der Waals surface area contributed by atoms with Crippen LogP contribution in [-0.4, -0.2) is 41.1 Å². The van der Waals surface area contributed by atoms with Gasteiger partial charge in [-0.2, -0.15) is 0 Å². The second-order valence-corrected chi connectivity index (χ2v) is 9.23. The smallest absolute Gasteiger partial charge is 0.273 e. The van der Waals surface area contributed by atoms with Crippen LogP contribution < -0.4 is 15.2 Å². The Morgan fingerprint density at radius 3 is 2.20 bits per heavy atom. The van der Waals surface area contributed by atoms with Crippen LogP contribution in [0.4, 0.5) is 18.9 Å². The summed E-state index contributed by atoms with van der Waals surface area (Å²) in [6.45, 7) is 0.455. The SMILES string of the molecule is CC(C)S(=O)(=O)Nc1ccc(S(=O)(=O)NCC(F)(F)CN)cc1F.Cl. The Morgan fingerprint density at radius 1 is 1.20 bits per heavy atom. The standard InChI is InChI=1S/C12H18F3N3O4S2.ClH/c1-8(2)23(19,20)18-11-4-3-9(5-10(11)13)24(21,22)17-7-12(14,15)6-16;/h3-5,8,17-18H,6-7,16H2,1-2H3;1H. The van der Waals surface area contributed by atoms with Gasteiger partial charge in [-0.1, -0.05) is 0 Å². The molecule has 146 valence electrons. The van der Waals surface area contributed by atoms with Crippen molar-refractivity contribution in [3.63, 3.8) is 0 Å². The molecule has 0 aliphatic carbocycles. The molecule has 0 spiro atoms. The number of anilines is 1. The number of benzene rings is 1. The predicted octanol–water partition coefficient (Wildman–Crippen LogP) is 1.27. The molecule has 0 saturated carbocycles. The van der Waals surface area contributed by atoms with Crippen LogP contribution in [0.1, 0.15) is 13.8 Å². The highest BCUT2D eigenvalue weighted by Crippen LogP contribution is 2.21. The van der Waals surface area contributed by atoms with E-state index in [0.29, 0.717) is 6.07 Å². The first-order valence-corrected chi connectivity index (χ1v) is 9.72. The van der Waals surface area contributed by atoms with Gasteiger partial charge < -0.3 is 5.73 Å². The molecular formula is C12H19ClF3N3O4S2. The van der Waals surface area contributed by atoms with Gasteiger partial charge in [-0.25, -0.2) is 34.7 Å². The maximum Gasteiger partial charge on any atom is 0.273 e. The summed E-state index contributed by atoms with van der Waals surface area (Å²) in [5.41, 5.74) is 4.34. The minimum Gasteiger partial charge on any atom is -0.325 e. The Kier molecular flexibility index (Phi) is 8.17. The van der Waals surface area contributed by atoms with Gasteiger partial charge in [0.2, 0.25) is 20.0 Å². The Labute approximate surface area is 150 Å². The summed E-state index contributed by atoms with van der Waals surface area (Å²) in [5, 5.41) is -0.833.